The summed E-state index contributed by atoms with van der Waals surface area (Å²) in [4.78, 5) is 9.41. The van der Waals surface area contributed by atoms with Gasteiger partial charge in [0.15, 0.2) is 5.58 Å². The maximum atomic E-state index is 6.01. The van der Waals surface area contributed by atoms with Crippen LogP contribution >= 0.6 is 0 Å². The number of ether oxygens (including phenoxy) is 1. The molecule has 1 aliphatic heterocycles. The van der Waals surface area contributed by atoms with E-state index < -0.39 is 0 Å². The fourth-order valence-electron chi connectivity index (χ4n) is 3.66. The lowest BCUT2D eigenvalue weighted by atomic mass is 10.2. The summed E-state index contributed by atoms with van der Waals surface area (Å²) in [5, 5.41) is 6.30. The Morgan fingerprint density at radius 1 is 1.15 bits per heavy atom. The lowest BCUT2D eigenvalue weighted by Gasteiger charge is -2.09. The summed E-state index contributed by atoms with van der Waals surface area (Å²) >= 11 is 0. The van der Waals surface area contributed by atoms with Crippen LogP contribution < -0.4 is 15.4 Å². The van der Waals surface area contributed by atoms with Gasteiger partial charge in [-0.3, -0.25) is 0 Å². The first-order valence-electron chi connectivity index (χ1n) is 9.26. The third kappa shape index (κ3) is 2.58. The van der Waals surface area contributed by atoms with Crippen LogP contribution in [0.2, 0.25) is 0 Å². The van der Waals surface area contributed by atoms with E-state index in [1.165, 1.54) is 0 Å². The number of benzene rings is 2. The Morgan fingerprint density at radius 2 is 2.07 bits per heavy atom. The van der Waals surface area contributed by atoms with Crippen LogP contribution in [0.1, 0.15) is 13.3 Å². The van der Waals surface area contributed by atoms with Crippen LogP contribution in [0.3, 0.4) is 0 Å². The van der Waals surface area contributed by atoms with Gasteiger partial charge in [0.25, 0.3) is 6.01 Å². The average Bonchev–Trinajstić information content (AvgIpc) is 3.18. The van der Waals surface area contributed by atoms with Gasteiger partial charge in [-0.2, -0.15) is 4.98 Å². The van der Waals surface area contributed by atoms with Crippen molar-refractivity contribution in [1.29, 1.82) is 0 Å². The van der Waals surface area contributed by atoms with Crippen LogP contribution in [-0.2, 0) is 6.54 Å². The molecule has 7 nitrogen and oxygen atoms in total. The predicted molar refractivity (Wildman–Crippen MR) is 107 cm³/mol. The fraction of sp³-hybridized carbons (Fsp3) is 0.300. The molecule has 0 unspecified atom stereocenters. The highest BCUT2D eigenvalue weighted by Gasteiger charge is 2.20. The van der Waals surface area contributed by atoms with Crippen molar-refractivity contribution in [2.45, 2.75) is 19.9 Å². The Hall–Kier alpha value is -3.22. The zero-order valence-electron chi connectivity index (χ0n) is 15.4. The van der Waals surface area contributed by atoms with Crippen LogP contribution in [0, 0.1) is 0 Å². The molecule has 0 saturated carbocycles. The lowest BCUT2D eigenvalue weighted by molar-refractivity contribution is 0.316. The second-order valence-corrected chi connectivity index (χ2v) is 6.61. The minimum absolute atomic E-state index is 0.513. The van der Waals surface area contributed by atoms with Gasteiger partial charge >= 0.3 is 0 Å². The predicted octanol–water partition coefficient (Wildman–Crippen LogP) is 4.10. The third-order valence-corrected chi connectivity index (χ3v) is 4.83. The topological polar surface area (TPSA) is 77.1 Å². The standard InChI is InChI=1S/C20H21N5O2/c1-3-22-13-10-15-18-17(11-13)26-8-4-7-25(18)19(23-15)12-5-6-16-14(9-12)24-20(21-2)27-16/h5-6,9-11,22H,3-4,7-8H2,1-2H3,(H,21,24). The van der Waals surface area contributed by atoms with Crippen LogP contribution in [0.15, 0.2) is 34.7 Å². The molecule has 2 aromatic heterocycles. The van der Waals surface area contributed by atoms with Gasteiger partial charge in [-0.1, -0.05) is 0 Å². The third-order valence-electron chi connectivity index (χ3n) is 4.83. The molecule has 2 aromatic carbocycles. The zero-order chi connectivity index (χ0) is 18.4. The Morgan fingerprint density at radius 3 is 2.93 bits per heavy atom. The molecule has 0 spiro atoms. The number of nitrogens with one attached hydrogen (secondary N) is 2. The summed E-state index contributed by atoms with van der Waals surface area (Å²) in [5.74, 6) is 1.82. The smallest absolute Gasteiger partial charge is 0.295 e. The van der Waals surface area contributed by atoms with Crippen molar-refractivity contribution >= 4 is 33.8 Å². The van der Waals surface area contributed by atoms with E-state index in [0.717, 1.165) is 64.5 Å². The number of nitrogens with zero attached hydrogens (tertiary/aromatic N) is 3. The first-order valence-corrected chi connectivity index (χ1v) is 9.26. The number of anilines is 2. The number of aromatic nitrogens is 3. The first-order chi connectivity index (χ1) is 13.3. The molecule has 0 fully saturated rings. The van der Waals surface area contributed by atoms with Crippen molar-refractivity contribution in [1.82, 2.24) is 14.5 Å². The Bertz CT molecular complexity index is 1140. The monoisotopic (exact) mass is 363 g/mol. The van der Waals surface area contributed by atoms with Gasteiger partial charge in [0.1, 0.15) is 22.6 Å². The quantitative estimate of drug-likeness (QED) is 0.568. The highest BCUT2D eigenvalue weighted by atomic mass is 16.5. The van der Waals surface area contributed by atoms with E-state index in [9.17, 15) is 0 Å². The molecule has 0 amide bonds. The maximum Gasteiger partial charge on any atom is 0.295 e. The number of imidazole rings is 1. The molecule has 0 radical (unpaired) electrons. The summed E-state index contributed by atoms with van der Waals surface area (Å²) in [5.41, 5.74) is 5.62. The van der Waals surface area contributed by atoms with Gasteiger partial charge in [0.2, 0.25) is 0 Å². The molecular weight excluding hydrogens is 342 g/mol. The average molecular weight is 363 g/mol. The van der Waals surface area contributed by atoms with Gasteiger partial charge < -0.3 is 24.4 Å². The molecule has 27 heavy (non-hydrogen) atoms. The number of aryl methyl sites for hydroxylation is 1. The molecule has 7 heteroatoms. The fourth-order valence-corrected chi connectivity index (χ4v) is 3.66. The number of hydrogen-bond acceptors (Lipinski definition) is 6. The minimum Gasteiger partial charge on any atom is -0.491 e. The van der Waals surface area contributed by atoms with Gasteiger partial charge in [-0.05, 0) is 37.6 Å². The van der Waals surface area contributed by atoms with Crippen molar-refractivity contribution in [3.05, 3.63) is 30.3 Å². The largest absolute Gasteiger partial charge is 0.491 e. The molecule has 2 N–H and O–H groups in total. The number of rotatable bonds is 4. The lowest BCUT2D eigenvalue weighted by Crippen LogP contribution is -2.01. The van der Waals surface area contributed by atoms with E-state index in [0.29, 0.717) is 12.6 Å². The zero-order valence-corrected chi connectivity index (χ0v) is 15.4. The Kier molecular flexibility index (Phi) is 3.67. The van der Waals surface area contributed by atoms with E-state index in [1.807, 2.05) is 18.2 Å². The van der Waals surface area contributed by atoms with Crippen LogP contribution in [0.25, 0.3) is 33.5 Å². The number of fused-ring (bicyclic) bond motifs is 1. The van der Waals surface area contributed by atoms with E-state index >= 15 is 0 Å². The molecule has 0 atom stereocenters. The molecule has 0 aliphatic carbocycles. The molecule has 0 bridgehead atoms. The Balaban J connectivity index is 1.71. The van der Waals surface area contributed by atoms with Crippen molar-refractivity contribution in [3.63, 3.8) is 0 Å². The molecule has 3 heterocycles. The van der Waals surface area contributed by atoms with E-state index in [2.05, 4.69) is 39.2 Å². The summed E-state index contributed by atoms with van der Waals surface area (Å²) in [6.45, 7) is 4.52. The van der Waals surface area contributed by atoms with Crippen molar-refractivity contribution in [3.8, 4) is 17.1 Å². The summed E-state index contributed by atoms with van der Waals surface area (Å²) < 4.78 is 13.9. The van der Waals surface area contributed by atoms with Crippen LogP contribution in [-0.4, -0.2) is 34.7 Å². The highest BCUT2D eigenvalue weighted by molar-refractivity contribution is 5.90. The van der Waals surface area contributed by atoms with Gasteiger partial charge in [-0.25, -0.2) is 4.98 Å². The molecular formula is C20H21N5O2. The van der Waals surface area contributed by atoms with Gasteiger partial charge in [0, 0.05) is 37.5 Å². The maximum absolute atomic E-state index is 6.01. The van der Waals surface area contributed by atoms with Gasteiger partial charge in [-0.15, -0.1) is 0 Å². The van der Waals surface area contributed by atoms with Gasteiger partial charge in [0.05, 0.1) is 12.1 Å². The normalized spacial score (nSPS) is 13.6. The van der Waals surface area contributed by atoms with Crippen molar-refractivity contribution < 1.29 is 9.15 Å². The molecule has 138 valence electrons. The van der Waals surface area contributed by atoms with Crippen molar-refractivity contribution in [2.75, 3.05) is 30.8 Å². The molecule has 1 aliphatic rings. The minimum atomic E-state index is 0.513. The second kappa shape index (κ2) is 6.19. The Labute approximate surface area is 156 Å². The highest BCUT2D eigenvalue weighted by Crippen LogP contribution is 2.36. The summed E-state index contributed by atoms with van der Waals surface area (Å²) in [6.07, 6.45) is 0.944. The molecule has 5 rings (SSSR count). The molecule has 4 aromatic rings. The number of oxazole rings is 1. The van der Waals surface area contributed by atoms with E-state index in [4.69, 9.17) is 14.1 Å². The number of hydrogen-bond donors (Lipinski definition) is 2. The van der Waals surface area contributed by atoms with Crippen LogP contribution in [0.4, 0.5) is 11.7 Å². The summed E-state index contributed by atoms with van der Waals surface area (Å²) in [6, 6.07) is 10.7. The first kappa shape index (κ1) is 16.0. The molecule has 0 saturated heterocycles. The summed E-state index contributed by atoms with van der Waals surface area (Å²) in [7, 11) is 1.80. The van der Waals surface area contributed by atoms with E-state index in [-0.39, 0.29) is 0 Å². The van der Waals surface area contributed by atoms with Crippen molar-refractivity contribution in [2.24, 2.45) is 0 Å². The SMILES string of the molecule is CCNc1cc2c3c(c1)nc(-c1ccc4oc(NC)nc4c1)n3CCCO2. The second-order valence-electron chi connectivity index (χ2n) is 6.61. The van der Waals surface area contributed by atoms with Crippen LogP contribution in [0.5, 0.6) is 5.75 Å². The van der Waals surface area contributed by atoms with E-state index in [1.54, 1.807) is 7.05 Å².